The average Bonchev–Trinajstić information content (AvgIpc) is 3.05. The molecule has 0 fully saturated rings. The van der Waals surface area contributed by atoms with Crippen molar-refractivity contribution >= 4 is 22.5 Å². The van der Waals surface area contributed by atoms with Crippen LogP contribution in [0.4, 0.5) is 0 Å². The Kier molecular flexibility index (Phi) is 4.58. The second kappa shape index (κ2) is 7.07. The molecular formula is C21H22N4O3. The highest BCUT2D eigenvalue weighted by Gasteiger charge is 2.25. The van der Waals surface area contributed by atoms with Gasteiger partial charge in [0.2, 0.25) is 0 Å². The first-order chi connectivity index (χ1) is 13.5. The van der Waals surface area contributed by atoms with Crippen LogP contribution in [0.1, 0.15) is 41.0 Å². The van der Waals surface area contributed by atoms with Crippen molar-refractivity contribution < 1.29 is 9.32 Å². The second-order valence-electron chi connectivity index (χ2n) is 6.94. The molecule has 3 heterocycles. The van der Waals surface area contributed by atoms with Crippen molar-refractivity contribution in [1.29, 1.82) is 0 Å². The van der Waals surface area contributed by atoms with Crippen LogP contribution in [0.3, 0.4) is 0 Å². The summed E-state index contributed by atoms with van der Waals surface area (Å²) in [6.07, 6.45) is 3.37. The van der Waals surface area contributed by atoms with Crippen molar-refractivity contribution in [3.8, 4) is 0 Å². The van der Waals surface area contributed by atoms with Gasteiger partial charge in [0, 0.05) is 31.6 Å². The molecule has 0 spiro atoms. The van der Waals surface area contributed by atoms with Crippen LogP contribution in [-0.2, 0) is 6.42 Å². The Balaban J connectivity index is 1.71. The lowest BCUT2D eigenvalue weighted by molar-refractivity contribution is 0.0769. The van der Waals surface area contributed by atoms with Crippen molar-refractivity contribution in [3.63, 3.8) is 0 Å². The number of carbonyl (C=O) groups excluding carboxylic acids is 1. The molecule has 3 aromatic rings. The maximum atomic E-state index is 12.9. The molecule has 0 saturated heterocycles. The average molecular weight is 378 g/mol. The molecule has 0 radical (unpaired) electrons. The number of fused-ring (bicyclic) bond motifs is 1. The number of amides is 1. The Labute approximate surface area is 162 Å². The molecule has 1 aliphatic rings. The summed E-state index contributed by atoms with van der Waals surface area (Å²) in [6, 6.07) is 7.52. The molecular weight excluding hydrogens is 356 g/mol. The van der Waals surface area contributed by atoms with Crippen LogP contribution in [0, 0.1) is 13.8 Å². The fourth-order valence-electron chi connectivity index (χ4n) is 3.77. The molecule has 1 aliphatic heterocycles. The van der Waals surface area contributed by atoms with Gasteiger partial charge in [-0.15, -0.1) is 0 Å². The van der Waals surface area contributed by atoms with Crippen LogP contribution in [0.2, 0.25) is 0 Å². The Hall–Kier alpha value is -3.22. The zero-order valence-electron chi connectivity index (χ0n) is 16.2. The van der Waals surface area contributed by atoms with E-state index in [1.54, 1.807) is 24.8 Å². The standard InChI is InChI=1S/C21H22N4O3/c1-4-18-22-20(26)16-7-5-6-8-17(16)25(18)15-9-11-24(12-10-15)21(27)19-13(2)23-28-14(19)3/h5-9H,4,10-12H2,1-3H3. The summed E-state index contributed by atoms with van der Waals surface area (Å²) in [4.78, 5) is 31.3. The van der Waals surface area contributed by atoms with Crippen molar-refractivity contribution in [3.05, 3.63) is 63.5 Å². The molecule has 0 aliphatic carbocycles. The third-order valence-electron chi connectivity index (χ3n) is 5.19. The zero-order valence-corrected chi connectivity index (χ0v) is 16.2. The van der Waals surface area contributed by atoms with Gasteiger partial charge < -0.3 is 14.0 Å². The highest BCUT2D eigenvalue weighted by molar-refractivity contribution is 5.96. The van der Waals surface area contributed by atoms with Gasteiger partial charge >= 0.3 is 0 Å². The number of benzene rings is 1. The van der Waals surface area contributed by atoms with E-state index in [0.717, 1.165) is 17.0 Å². The maximum Gasteiger partial charge on any atom is 0.280 e. The molecule has 4 rings (SSSR count). The van der Waals surface area contributed by atoms with Gasteiger partial charge in [0.25, 0.3) is 11.5 Å². The van der Waals surface area contributed by atoms with Gasteiger partial charge in [-0.05, 0) is 32.1 Å². The molecule has 0 bridgehead atoms. The van der Waals surface area contributed by atoms with E-state index < -0.39 is 0 Å². The van der Waals surface area contributed by atoms with Crippen LogP contribution in [0.15, 0.2) is 39.7 Å². The van der Waals surface area contributed by atoms with Gasteiger partial charge in [-0.25, -0.2) is 0 Å². The summed E-state index contributed by atoms with van der Waals surface area (Å²) in [7, 11) is 0. The number of carbonyl (C=O) groups is 1. The molecule has 2 aromatic heterocycles. The fourth-order valence-corrected chi connectivity index (χ4v) is 3.77. The number of aromatic nitrogens is 3. The fraction of sp³-hybridized carbons (Fsp3) is 0.333. The van der Waals surface area contributed by atoms with Gasteiger partial charge in [-0.3, -0.25) is 9.59 Å². The first-order valence-corrected chi connectivity index (χ1v) is 9.43. The lowest BCUT2D eigenvalue weighted by Crippen LogP contribution is -2.36. The Morgan fingerprint density at radius 2 is 2.04 bits per heavy atom. The van der Waals surface area contributed by atoms with Crippen LogP contribution < -0.4 is 5.56 Å². The van der Waals surface area contributed by atoms with E-state index in [9.17, 15) is 9.59 Å². The summed E-state index contributed by atoms with van der Waals surface area (Å²) < 4.78 is 7.20. The van der Waals surface area contributed by atoms with E-state index in [-0.39, 0.29) is 11.5 Å². The smallest absolute Gasteiger partial charge is 0.280 e. The van der Waals surface area contributed by atoms with Gasteiger partial charge in [-0.2, -0.15) is 4.98 Å². The Morgan fingerprint density at radius 3 is 2.68 bits per heavy atom. The third kappa shape index (κ3) is 2.93. The summed E-state index contributed by atoms with van der Waals surface area (Å²) in [5.74, 6) is 1.21. The lowest BCUT2D eigenvalue weighted by atomic mass is 10.1. The molecule has 1 aromatic carbocycles. The first kappa shape index (κ1) is 18.2. The molecule has 0 unspecified atom stereocenters. The number of para-hydroxylation sites is 1. The van der Waals surface area contributed by atoms with Crippen LogP contribution in [-0.4, -0.2) is 38.6 Å². The quantitative estimate of drug-likeness (QED) is 0.700. The van der Waals surface area contributed by atoms with Crippen molar-refractivity contribution in [1.82, 2.24) is 19.6 Å². The van der Waals surface area contributed by atoms with E-state index in [4.69, 9.17) is 4.52 Å². The molecule has 1 amide bonds. The maximum absolute atomic E-state index is 12.9. The molecule has 28 heavy (non-hydrogen) atoms. The number of hydrogen-bond acceptors (Lipinski definition) is 5. The van der Waals surface area contributed by atoms with Gasteiger partial charge in [-0.1, -0.05) is 24.2 Å². The molecule has 7 heteroatoms. The minimum Gasteiger partial charge on any atom is -0.361 e. The predicted molar refractivity (Wildman–Crippen MR) is 106 cm³/mol. The normalized spacial score (nSPS) is 14.4. The largest absolute Gasteiger partial charge is 0.361 e. The Bertz CT molecular complexity index is 1140. The van der Waals surface area contributed by atoms with Crippen LogP contribution >= 0.6 is 0 Å². The van der Waals surface area contributed by atoms with Gasteiger partial charge in [0.15, 0.2) is 0 Å². The second-order valence-corrected chi connectivity index (χ2v) is 6.94. The summed E-state index contributed by atoms with van der Waals surface area (Å²) in [5, 5.41) is 4.49. The van der Waals surface area contributed by atoms with E-state index in [0.29, 0.717) is 48.3 Å². The van der Waals surface area contributed by atoms with E-state index in [2.05, 4.69) is 14.7 Å². The summed E-state index contributed by atoms with van der Waals surface area (Å²) in [5.41, 5.74) is 2.87. The summed E-state index contributed by atoms with van der Waals surface area (Å²) >= 11 is 0. The highest BCUT2D eigenvalue weighted by Crippen LogP contribution is 2.24. The number of nitrogens with zero attached hydrogens (tertiary/aromatic N) is 4. The van der Waals surface area contributed by atoms with Crippen molar-refractivity contribution in [2.45, 2.75) is 33.6 Å². The van der Waals surface area contributed by atoms with Crippen molar-refractivity contribution in [2.75, 3.05) is 13.1 Å². The molecule has 0 saturated carbocycles. The first-order valence-electron chi connectivity index (χ1n) is 9.43. The zero-order chi connectivity index (χ0) is 19.8. The van der Waals surface area contributed by atoms with Crippen molar-refractivity contribution in [2.24, 2.45) is 0 Å². The summed E-state index contributed by atoms with van der Waals surface area (Å²) in [6.45, 7) is 6.59. The van der Waals surface area contributed by atoms with E-state index in [1.807, 2.05) is 31.2 Å². The van der Waals surface area contributed by atoms with Crippen LogP contribution in [0.5, 0.6) is 0 Å². The van der Waals surface area contributed by atoms with E-state index in [1.165, 1.54) is 0 Å². The van der Waals surface area contributed by atoms with E-state index >= 15 is 0 Å². The third-order valence-corrected chi connectivity index (χ3v) is 5.19. The minimum atomic E-state index is -0.199. The van der Waals surface area contributed by atoms with Gasteiger partial charge in [0.05, 0.1) is 16.6 Å². The Morgan fingerprint density at radius 1 is 1.25 bits per heavy atom. The molecule has 0 atom stereocenters. The molecule has 7 nitrogen and oxygen atoms in total. The minimum absolute atomic E-state index is 0.0647. The monoisotopic (exact) mass is 378 g/mol. The number of hydrogen-bond donors (Lipinski definition) is 0. The molecule has 0 N–H and O–H groups in total. The lowest BCUT2D eigenvalue weighted by Gasteiger charge is -2.28. The predicted octanol–water partition coefficient (Wildman–Crippen LogP) is 2.95. The highest BCUT2D eigenvalue weighted by atomic mass is 16.5. The topological polar surface area (TPSA) is 81.2 Å². The number of aryl methyl sites for hydroxylation is 3. The van der Waals surface area contributed by atoms with Crippen LogP contribution in [0.25, 0.3) is 16.6 Å². The SMILES string of the molecule is CCc1nc(=O)c2ccccc2n1C1=CCN(C(=O)c2c(C)noc2C)CC1. The van der Waals surface area contributed by atoms with Gasteiger partial charge in [0.1, 0.15) is 17.1 Å². The number of rotatable bonds is 3. The molecule has 144 valence electrons.